The molecule has 0 bridgehead atoms. The predicted molar refractivity (Wildman–Crippen MR) is 45.8 cm³/mol. The van der Waals surface area contributed by atoms with Crippen molar-refractivity contribution in [1.29, 1.82) is 0 Å². The van der Waals surface area contributed by atoms with Crippen molar-refractivity contribution in [2.45, 2.75) is 11.5 Å². The Labute approximate surface area is 75.7 Å². The lowest BCUT2D eigenvalue weighted by Crippen LogP contribution is -2.16. The molecule has 1 aromatic rings. The summed E-state index contributed by atoms with van der Waals surface area (Å²) in [5.74, 6) is 0.626. The molecule has 1 N–H and O–H groups in total. The van der Waals surface area contributed by atoms with Gasteiger partial charge in [0, 0.05) is 22.1 Å². The summed E-state index contributed by atoms with van der Waals surface area (Å²) in [5.41, 5.74) is 0.762. The first-order valence-electron chi connectivity index (χ1n) is 3.63. The Morgan fingerprint density at radius 1 is 1.46 bits per heavy atom. The topological polar surface area (TPSA) is 79.9 Å². The fourth-order valence-corrected chi connectivity index (χ4v) is 2.63. The van der Waals surface area contributed by atoms with Gasteiger partial charge < -0.3 is 4.98 Å². The lowest BCUT2D eigenvalue weighted by atomic mass is 10.2. The van der Waals surface area contributed by atoms with Crippen LogP contribution in [0.1, 0.15) is 21.7 Å². The van der Waals surface area contributed by atoms with Gasteiger partial charge in [0.25, 0.3) is 0 Å². The molecule has 1 aromatic heterocycles. The molecule has 0 saturated heterocycles. The highest BCUT2D eigenvalue weighted by atomic mass is 32.2. The fraction of sp³-hybridized carbons (Fsp3) is 0.286. The van der Waals surface area contributed by atoms with Gasteiger partial charge in [-0.25, -0.2) is 4.79 Å². The van der Waals surface area contributed by atoms with E-state index in [2.05, 4.69) is 9.97 Å². The summed E-state index contributed by atoms with van der Waals surface area (Å²) in [7, 11) is -1.01. The number of nitrogens with zero attached hydrogens (tertiary/aromatic N) is 1. The average Bonchev–Trinajstić information content (AvgIpc) is 2.43. The maximum absolute atomic E-state index is 11.1. The standard InChI is InChI=1S/C7H6N2O3S/c10-1-5-4-2-13(12)3-6(4)9-7(11)8-5/h1H,2-3H2,(H,8,9,11). The Bertz CT molecular complexity index is 452. The van der Waals surface area contributed by atoms with Crippen molar-refractivity contribution in [1.82, 2.24) is 9.97 Å². The van der Waals surface area contributed by atoms with Crippen LogP contribution in [0.25, 0.3) is 0 Å². The van der Waals surface area contributed by atoms with Crippen LogP contribution in [-0.4, -0.2) is 20.5 Å². The third kappa shape index (κ3) is 1.33. The normalized spacial score (nSPS) is 19.8. The maximum atomic E-state index is 11.1. The van der Waals surface area contributed by atoms with Crippen molar-refractivity contribution in [3.8, 4) is 0 Å². The van der Waals surface area contributed by atoms with E-state index in [0.29, 0.717) is 29.0 Å². The first-order chi connectivity index (χ1) is 6.20. The molecule has 1 atom stereocenters. The Morgan fingerprint density at radius 2 is 2.23 bits per heavy atom. The number of H-pyrrole nitrogens is 1. The molecular weight excluding hydrogens is 192 g/mol. The number of rotatable bonds is 1. The summed E-state index contributed by atoms with van der Waals surface area (Å²) >= 11 is 0. The van der Waals surface area contributed by atoms with Crippen LogP contribution in [0.15, 0.2) is 4.79 Å². The van der Waals surface area contributed by atoms with E-state index in [1.165, 1.54) is 0 Å². The van der Waals surface area contributed by atoms with E-state index in [1.54, 1.807) is 0 Å². The number of carbonyl (C=O) groups excluding carboxylic acids is 1. The molecule has 0 radical (unpaired) electrons. The quantitative estimate of drug-likeness (QED) is 0.608. The van der Waals surface area contributed by atoms with Crippen molar-refractivity contribution in [3.63, 3.8) is 0 Å². The van der Waals surface area contributed by atoms with E-state index in [0.717, 1.165) is 0 Å². The van der Waals surface area contributed by atoms with Crippen LogP contribution in [0.4, 0.5) is 0 Å². The van der Waals surface area contributed by atoms with E-state index in [1.807, 2.05) is 0 Å². The lowest BCUT2D eigenvalue weighted by molar-refractivity contribution is 0.111. The number of hydrogen-bond donors (Lipinski definition) is 1. The number of fused-ring (bicyclic) bond motifs is 1. The Morgan fingerprint density at radius 3 is 2.92 bits per heavy atom. The van der Waals surface area contributed by atoms with Crippen molar-refractivity contribution in [2.75, 3.05) is 0 Å². The van der Waals surface area contributed by atoms with E-state index in [-0.39, 0.29) is 5.69 Å². The van der Waals surface area contributed by atoms with Gasteiger partial charge in [-0.1, -0.05) is 0 Å². The van der Waals surface area contributed by atoms with Gasteiger partial charge in [-0.2, -0.15) is 4.98 Å². The second-order valence-electron chi connectivity index (χ2n) is 2.73. The molecule has 0 saturated carbocycles. The highest BCUT2D eigenvalue weighted by molar-refractivity contribution is 7.83. The zero-order valence-electron chi connectivity index (χ0n) is 6.57. The molecule has 0 fully saturated rings. The van der Waals surface area contributed by atoms with Gasteiger partial charge in [-0.15, -0.1) is 0 Å². The highest BCUT2D eigenvalue weighted by Crippen LogP contribution is 2.20. The highest BCUT2D eigenvalue weighted by Gasteiger charge is 2.22. The number of aldehydes is 1. The average molecular weight is 198 g/mol. The minimum absolute atomic E-state index is 0.115. The second kappa shape index (κ2) is 2.88. The van der Waals surface area contributed by atoms with Crippen molar-refractivity contribution in [3.05, 3.63) is 27.4 Å². The Balaban J connectivity index is 2.69. The SMILES string of the molecule is O=Cc1nc(=O)[nH]c2c1CS(=O)C2. The number of carbonyl (C=O) groups is 1. The van der Waals surface area contributed by atoms with Crippen LogP contribution in [0.5, 0.6) is 0 Å². The largest absolute Gasteiger partial charge is 0.345 e. The molecular formula is C7H6N2O3S. The van der Waals surface area contributed by atoms with Crippen molar-refractivity contribution < 1.29 is 9.00 Å². The number of hydrogen-bond acceptors (Lipinski definition) is 4. The molecule has 1 aliphatic rings. The third-order valence-corrected chi connectivity index (χ3v) is 3.10. The second-order valence-corrected chi connectivity index (χ2v) is 4.19. The molecule has 0 amide bonds. The monoisotopic (exact) mass is 198 g/mol. The fourth-order valence-electron chi connectivity index (χ4n) is 1.32. The van der Waals surface area contributed by atoms with E-state index >= 15 is 0 Å². The predicted octanol–water partition coefficient (Wildman–Crippen LogP) is -0.655. The van der Waals surface area contributed by atoms with Gasteiger partial charge >= 0.3 is 5.69 Å². The van der Waals surface area contributed by atoms with E-state index in [9.17, 15) is 13.8 Å². The number of nitrogens with one attached hydrogen (secondary N) is 1. The Hall–Kier alpha value is -1.30. The lowest BCUT2D eigenvalue weighted by Gasteiger charge is -1.97. The van der Waals surface area contributed by atoms with Crippen LogP contribution in [0.3, 0.4) is 0 Å². The molecule has 5 nitrogen and oxygen atoms in total. The van der Waals surface area contributed by atoms with Crippen LogP contribution in [0.2, 0.25) is 0 Å². The molecule has 1 aliphatic heterocycles. The third-order valence-electron chi connectivity index (χ3n) is 1.88. The molecule has 2 heterocycles. The minimum Gasteiger partial charge on any atom is -0.309 e. The zero-order chi connectivity index (χ0) is 9.42. The molecule has 0 aliphatic carbocycles. The molecule has 1 unspecified atom stereocenters. The summed E-state index contributed by atoms with van der Waals surface area (Å²) in [6.45, 7) is 0. The van der Waals surface area contributed by atoms with E-state index < -0.39 is 16.5 Å². The van der Waals surface area contributed by atoms with Gasteiger partial charge in [-0.05, 0) is 0 Å². The molecule has 2 rings (SSSR count). The first kappa shape index (κ1) is 8.31. The summed E-state index contributed by atoms with van der Waals surface area (Å²) in [6, 6.07) is 0. The van der Waals surface area contributed by atoms with Crippen LogP contribution in [0, 0.1) is 0 Å². The summed E-state index contributed by atoms with van der Waals surface area (Å²) in [5, 5.41) is 0. The van der Waals surface area contributed by atoms with Crippen LogP contribution < -0.4 is 5.69 Å². The molecule has 6 heteroatoms. The van der Waals surface area contributed by atoms with Gasteiger partial charge in [0.2, 0.25) is 0 Å². The zero-order valence-corrected chi connectivity index (χ0v) is 7.39. The maximum Gasteiger partial charge on any atom is 0.345 e. The summed E-state index contributed by atoms with van der Waals surface area (Å²) in [6.07, 6.45) is 0.524. The molecule has 0 aromatic carbocycles. The van der Waals surface area contributed by atoms with Crippen molar-refractivity contribution >= 4 is 17.1 Å². The Kier molecular flexibility index (Phi) is 1.84. The molecule has 0 spiro atoms. The van der Waals surface area contributed by atoms with Crippen LogP contribution in [-0.2, 0) is 22.3 Å². The summed E-state index contributed by atoms with van der Waals surface area (Å²) < 4.78 is 11.1. The van der Waals surface area contributed by atoms with Gasteiger partial charge in [0.05, 0.1) is 11.5 Å². The molecule has 13 heavy (non-hydrogen) atoms. The van der Waals surface area contributed by atoms with E-state index in [4.69, 9.17) is 0 Å². The van der Waals surface area contributed by atoms with Gasteiger partial charge in [0.1, 0.15) is 5.69 Å². The van der Waals surface area contributed by atoms with Gasteiger partial charge in [0.15, 0.2) is 6.29 Å². The summed E-state index contributed by atoms with van der Waals surface area (Å²) in [4.78, 5) is 27.4. The number of aromatic nitrogens is 2. The number of aromatic amines is 1. The minimum atomic E-state index is -1.01. The first-order valence-corrected chi connectivity index (χ1v) is 5.11. The van der Waals surface area contributed by atoms with Crippen LogP contribution >= 0.6 is 0 Å². The molecule has 68 valence electrons. The van der Waals surface area contributed by atoms with Gasteiger partial charge in [-0.3, -0.25) is 9.00 Å². The smallest absolute Gasteiger partial charge is 0.309 e. The van der Waals surface area contributed by atoms with Crippen molar-refractivity contribution in [2.24, 2.45) is 0 Å².